The number of anilines is 3. The van der Waals surface area contributed by atoms with Gasteiger partial charge in [-0.25, -0.2) is 4.79 Å². The zero-order valence-electron chi connectivity index (χ0n) is 16.4. The molecule has 1 aromatic carbocycles. The van der Waals surface area contributed by atoms with Crippen LogP contribution in [-0.4, -0.2) is 48.2 Å². The number of rotatable bonds is 5. The second kappa shape index (κ2) is 8.90. The molecule has 1 aliphatic heterocycles. The Hall–Kier alpha value is -2.82. The van der Waals surface area contributed by atoms with Crippen LogP contribution in [0.5, 0.6) is 0 Å². The highest BCUT2D eigenvalue weighted by Crippen LogP contribution is 2.36. The highest BCUT2D eigenvalue weighted by Gasteiger charge is 2.33. The van der Waals surface area contributed by atoms with Gasteiger partial charge >= 0.3 is 12.2 Å². The third-order valence-corrected chi connectivity index (χ3v) is 4.71. The standard InChI is InChI=1S/C18H21ClF3N7O/c1-28(2)15-25-14(26-16(27-15)29-7-3-4-8-29)10-23-17(30)24-11-5-6-13(19)12(9-11)18(20,21)22/h5-6,9H,3-4,7-8,10H2,1-2H3,(H2,23,24,30). The quantitative estimate of drug-likeness (QED) is 0.735. The predicted octanol–water partition coefficient (Wildman–Crippen LogP) is 3.53. The number of nitrogens with zero attached hydrogens (tertiary/aromatic N) is 5. The molecule has 12 heteroatoms. The van der Waals surface area contributed by atoms with Crippen LogP contribution in [0.2, 0.25) is 5.02 Å². The number of amides is 2. The molecule has 30 heavy (non-hydrogen) atoms. The van der Waals surface area contributed by atoms with Crippen molar-refractivity contribution in [3.63, 3.8) is 0 Å². The fraction of sp³-hybridized carbons (Fsp3) is 0.444. The van der Waals surface area contributed by atoms with E-state index in [2.05, 4.69) is 25.6 Å². The zero-order valence-corrected chi connectivity index (χ0v) is 17.2. The van der Waals surface area contributed by atoms with Crippen LogP contribution in [-0.2, 0) is 12.7 Å². The van der Waals surface area contributed by atoms with Gasteiger partial charge in [0.1, 0.15) is 0 Å². The number of nitrogens with one attached hydrogen (secondary N) is 2. The van der Waals surface area contributed by atoms with E-state index in [4.69, 9.17) is 11.6 Å². The summed E-state index contributed by atoms with van der Waals surface area (Å²) in [5, 5.41) is 4.47. The topological polar surface area (TPSA) is 86.3 Å². The van der Waals surface area contributed by atoms with E-state index in [1.165, 1.54) is 6.07 Å². The van der Waals surface area contributed by atoms with E-state index in [1.54, 1.807) is 19.0 Å². The molecule has 0 aliphatic carbocycles. The molecular weight excluding hydrogens is 423 g/mol. The molecule has 1 aromatic heterocycles. The van der Waals surface area contributed by atoms with Crippen molar-refractivity contribution in [1.29, 1.82) is 0 Å². The van der Waals surface area contributed by atoms with E-state index in [0.717, 1.165) is 38.1 Å². The number of alkyl halides is 3. The fourth-order valence-electron chi connectivity index (χ4n) is 2.89. The van der Waals surface area contributed by atoms with Gasteiger partial charge in [-0.15, -0.1) is 0 Å². The number of carbonyl (C=O) groups is 1. The monoisotopic (exact) mass is 443 g/mol. The maximum atomic E-state index is 13.0. The summed E-state index contributed by atoms with van der Waals surface area (Å²) in [5.41, 5.74) is -1.06. The van der Waals surface area contributed by atoms with Gasteiger partial charge in [-0.3, -0.25) is 0 Å². The molecule has 0 atom stereocenters. The molecule has 0 saturated carbocycles. The van der Waals surface area contributed by atoms with E-state index in [9.17, 15) is 18.0 Å². The molecule has 2 amide bonds. The lowest BCUT2D eigenvalue weighted by Crippen LogP contribution is -2.30. The Balaban J connectivity index is 1.68. The van der Waals surface area contributed by atoms with Gasteiger partial charge in [-0.2, -0.15) is 28.1 Å². The Labute approximate surface area is 176 Å². The first kappa shape index (κ1) is 21.9. The summed E-state index contributed by atoms with van der Waals surface area (Å²) in [4.78, 5) is 29.1. The van der Waals surface area contributed by atoms with Crippen LogP contribution in [0.15, 0.2) is 18.2 Å². The van der Waals surface area contributed by atoms with Crippen molar-refractivity contribution in [3.8, 4) is 0 Å². The van der Waals surface area contributed by atoms with Crippen molar-refractivity contribution in [2.45, 2.75) is 25.6 Å². The molecule has 2 heterocycles. The van der Waals surface area contributed by atoms with Crippen molar-refractivity contribution >= 4 is 35.2 Å². The van der Waals surface area contributed by atoms with E-state index >= 15 is 0 Å². The van der Waals surface area contributed by atoms with Gasteiger partial charge < -0.3 is 20.4 Å². The summed E-state index contributed by atoms with van der Waals surface area (Å²) in [6.45, 7) is 1.68. The van der Waals surface area contributed by atoms with Gasteiger partial charge in [-0.1, -0.05) is 11.6 Å². The van der Waals surface area contributed by atoms with Crippen LogP contribution in [0.1, 0.15) is 24.2 Å². The van der Waals surface area contributed by atoms with Crippen LogP contribution >= 0.6 is 11.6 Å². The summed E-state index contributed by atoms with van der Waals surface area (Å²) >= 11 is 5.59. The van der Waals surface area contributed by atoms with Crippen LogP contribution < -0.4 is 20.4 Å². The molecule has 162 valence electrons. The number of halogens is 4. The molecule has 2 aromatic rings. The van der Waals surface area contributed by atoms with Gasteiger partial charge in [0.2, 0.25) is 11.9 Å². The average Bonchev–Trinajstić information content (AvgIpc) is 3.21. The summed E-state index contributed by atoms with van der Waals surface area (Å²) < 4.78 is 38.9. The number of urea groups is 1. The van der Waals surface area contributed by atoms with E-state index < -0.39 is 22.8 Å². The molecule has 1 fully saturated rings. The van der Waals surface area contributed by atoms with Gasteiger partial charge in [-0.05, 0) is 31.0 Å². The van der Waals surface area contributed by atoms with E-state index in [1.807, 2.05) is 4.90 Å². The van der Waals surface area contributed by atoms with Crippen molar-refractivity contribution in [1.82, 2.24) is 20.3 Å². The molecule has 0 unspecified atom stereocenters. The molecule has 2 N–H and O–H groups in total. The van der Waals surface area contributed by atoms with Gasteiger partial charge in [0.25, 0.3) is 0 Å². The number of aromatic nitrogens is 3. The molecular formula is C18H21ClF3N7O. The minimum Gasteiger partial charge on any atom is -0.347 e. The first-order valence-corrected chi connectivity index (χ1v) is 9.60. The van der Waals surface area contributed by atoms with Crippen molar-refractivity contribution < 1.29 is 18.0 Å². The van der Waals surface area contributed by atoms with Crippen molar-refractivity contribution in [2.24, 2.45) is 0 Å². The van der Waals surface area contributed by atoms with Gasteiger partial charge in [0, 0.05) is 32.9 Å². The highest BCUT2D eigenvalue weighted by atomic mass is 35.5. The fourth-order valence-corrected chi connectivity index (χ4v) is 3.11. The third kappa shape index (κ3) is 5.41. The number of carbonyl (C=O) groups excluding carboxylic acids is 1. The normalized spacial score (nSPS) is 14.0. The smallest absolute Gasteiger partial charge is 0.347 e. The second-order valence-corrected chi connectivity index (χ2v) is 7.35. The lowest BCUT2D eigenvalue weighted by atomic mass is 10.2. The number of benzene rings is 1. The van der Waals surface area contributed by atoms with Gasteiger partial charge in [0.15, 0.2) is 5.82 Å². The Morgan fingerprint density at radius 3 is 2.53 bits per heavy atom. The highest BCUT2D eigenvalue weighted by molar-refractivity contribution is 6.31. The van der Waals surface area contributed by atoms with Crippen molar-refractivity contribution in [3.05, 3.63) is 34.6 Å². The Kier molecular flexibility index (Phi) is 6.49. The van der Waals surface area contributed by atoms with Crippen LogP contribution in [0.25, 0.3) is 0 Å². The molecule has 0 bridgehead atoms. The molecule has 3 rings (SSSR count). The minimum atomic E-state index is -4.62. The Morgan fingerprint density at radius 1 is 1.20 bits per heavy atom. The first-order chi connectivity index (χ1) is 14.1. The number of hydrogen-bond acceptors (Lipinski definition) is 6. The van der Waals surface area contributed by atoms with Gasteiger partial charge in [0.05, 0.1) is 17.1 Å². The second-order valence-electron chi connectivity index (χ2n) is 6.94. The van der Waals surface area contributed by atoms with E-state index in [-0.39, 0.29) is 12.2 Å². The van der Waals surface area contributed by atoms with E-state index in [0.29, 0.717) is 17.7 Å². The molecule has 1 aliphatic rings. The van der Waals surface area contributed by atoms with Crippen LogP contribution in [0.3, 0.4) is 0 Å². The Morgan fingerprint density at radius 2 is 1.90 bits per heavy atom. The average molecular weight is 444 g/mol. The summed E-state index contributed by atoms with van der Waals surface area (Å²) in [6.07, 6.45) is -2.51. The summed E-state index contributed by atoms with van der Waals surface area (Å²) in [6, 6.07) is 2.45. The lowest BCUT2D eigenvalue weighted by Gasteiger charge is -2.19. The lowest BCUT2D eigenvalue weighted by molar-refractivity contribution is -0.137. The SMILES string of the molecule is CN(C)c1nc(CNC(=O)Nc2ccc(Cl)c(C(F)(F)F)c2)nc(N2CCCC2)n1. The van der Waals surface area contributed by atoms with Crippen LogP contribution in [0.4, 0.5) is 35.5 Å². The largest absolute Gasteiger partial charge is 0.417 e. The third-order valence-electron chi connectivity index (χ3n) is 4.38. The minimum absolute atomic E-state index is 0.0181. The molecule has 0 spiro atoms. The summed E-state index contributed by atoms with van der Waals surface area (Å²) in [5.74, 6) is 1.34. The summed E-state index contributed by atoms with van der Waals surface area (Å²) in [7, 11) is 3.59. The molecule has 0 radical (unpaired) electrons. The molecule has 1 saturated heterocycles. The Bertz CT molecular complexity index is 917. The van der Waals surface area contributed by atoms with Crippen molar-refractivity contribution in [2.75, 3.05) is 42.3 Å². The maximum absolute atomic E-state index is 13.0. The molecule has 8 nitrogen and oxygen atoms in total. The zero-order chi connectivity index (χ0) is 21.9. The first-order valence-electron chi connectivity index (χ1n) is 9.22. The number of hydrogen-bond donors (Lipinski definition) is 2. The van der Waals surface area contributed by atoms with Crippen LogP contribution in [0, 0.1) is 0 Å². The maximum Gasteiger partial charge on any atom is 0.417 e. The predicted molar refractivity (Wildman–Crippen MR) is 108 cm³/mol.